The van der Waals surface area contributed by atoms with Crippen LogP contribution in [0, 0.1) is 18.2 Å². The van der Waals surface area contributed by atoms with Crippen LogP contribution in [0.5, 0.6) is 0 Å². The number of hydrogen-bond acceptors (Lipinski definition) is 6. The van der Waals surface area contributed by atoms with Gasteiger partial charge in [0.15, 0.2) is 5.01 Å². The summed E-state index contributed by atoms with van der Waals surface area (Å²) in [5, 5.41) is 5.95. The third kappa shape index (κ3) is 3.62. The van der Waals surface area contributed by atoms with Gasteiger partial charge in [-0.3, -0.25) is 4.57 Å². The number of aromatic nitrogens is 4. The molecule has 0 spiro atoms. The standard InChI is InChI=1S/C17H13F4N5O3S2/c1-2-5-25-10-6-9(19)12(31(28,29)24-17(8-18)3-4-17)7-11(10)26(16(25)27)15-23-22-14(30-15)13(20)21/h1,6-7,13,24H,3-5,8H2. The molecular formula is C17H13F4N5O3S2. The summed E-state index contributed by atoms with van der Waals surface area (Å²) in [4.78, 5) is 12.0. The molecule has 14 heteroatoms. The Morgan fingerprint density at radius 3 is 2.55 bits per heavy atom. The third-order valence-electron chi connectivity index (χ3n) is 4.79. The van der Waals surface area contributed by atoms with E-state index in [2.05, 4.69) is 20.8 Å². The molecule has 3 aromatic rings. The molecule has 1 aliphatic rings. The summed E-state index contributed by atoms with van der Waals surface area (Å²) >= 11 is 0.413. The zero-order valence-electron chi connectivity index (χ0n) is 15.5. The molecule has 2 aromatic heterocycles. The van der Waals surface area contributed by atoms with Crippen LogP contribution < -0.4 is 10.4 Å². The first kappa shape index (κ1) is 21.5. The summed E-state index contributed by atoms with van der Waals surface area (Å²) in [5.41, 5.74) is -2.32. The summed E-state index contributed by atoms with van der Waals surface area (Å²) in [6.45, 7) is -1.25. The minimum atomic E-state index is -4.50. The van der Waals surface area contributed by atoms with Crippen LogP contribution in [0.4, 0.5) is 17.6 Å². The van der Waals surface area contributed by atoms with E-state index in [0.29, 0.717) is 11.3 Å². The summed E-state index contributed by atoms with van der Waals surface area (Å²) in [6.07, 6.45) is 2.85. The van der Waals surface area contributed by atoms with Gasteiger partial charge in [-0.15, -0.1) is 16.6 Å². The van der Waals surface area contributed by atoms with Crippen molar-refractivity contribution < 1.29 is 26.0 Å². The van der Waals surface area contributed by atoms with Crippen molar-refractivity contribution in [1.29, 1.82) is 0 Å². The number of halogens is 4. The molecular weight excluding hydrogens is 462 g/mol. The van der Waals surface area contributed by atoms with Gasteiger partial charge in [-0.2, -0.15) is 0 Å². The summed E-state index contributed by atoms with van der Waals surface area (Å²) < 4.78 is 83.1. The number of terminal acetylenes is 1. The Kier molecular flexibility index (Phi) is 5.15. The highest BCUT2D eigenvalue weighted by molar-refractivity contribution is 7.89. The molecule has 2 heterocycles. The first-order valence-corrected chi connectivity index (χ1v) is 11.0. The van der Waals surface area contributed by atoms with Crippen LogP contribution in [0.3, 0.4) is 0 Å². The van der Waals surface area contributed by atoms with Crippen LogP contribution in [0.1, 0.15) is 24.3 Å². The van der Waals surface area contributed by atoms with E-state index >= 15 is 0 Å². The predicted octanol–water partition coefficient (Wildman–Crippen LogP) is 2.13. The Hall–Kier alpha value is -2.76. The minimum Gasteiger partial charge on any atom is -0.280 e. The highest BCUT2D eigenvalue weighted by Gasteiger charge is 2.47. The molecule has 1 fully saturated rings. The molecule has 4 rings (SSSR count). The molecule has 31 heavy (non-hydrogen) atoms. The lowest BCUT2D eigenvalue weighted by Crippen LogP contribution is -2.38. The Labute approximate surface area is 176 Å². The number of alkyl halides is 3. The quantitative estimate of drug-likeness (QED) is 0.417. The summed E-state index contributed by atoms with van der Waals surface area (Å²) in [5.74, 6) is 1.03. The van der Waals surface area contributed by atoms with Crippen molar-refractivity contribution in [3.8, 4) is 17.5 Å². The van der Waals surface area contributed by atoms with Crippen LogP contribution in [0.2, 0.25) is 0 Å². The molecule has 164 valence electrons. The van der Waals surface area contributed by atoms with Crippen LogP contribution in [-0.4, -0.2) is 40.0 Å². The normalized spacial score (nSPS) is 15.5. The monoisotopic (exact) mass is 475 g/mol. The first-order valence-electron chi connectivity index (χ1n) is 8.72. The van der Waals surface area contributed by atoms with Gasteiger partial charge in [0.2, 0.25) is 15.2 Å². The number of benzene rings is 1. The van der Waals surface area contributed by atoms with E-state index in [0.717, 1.165) is 21.3 Å². The van der Waals surface area contributed by atoms with E-state index in [1.807, 2.05) is 0 Å². The Morgan fingerprint density at radius 1 is 1.29 bits per heavy atom. The smallest absolute Gasteiger partial charge is 0.280 e. The van der Waals surface area contributed by atoms with Crippen LogP contribution in [0.15, 0.2) is 21.8 Å². The van der Waals surface area contributed by atoms with Gasteiger partial charge >= 0.3 is 5.69 Å². The number of sulfonamides is 1. The van der Waals surface area contributed by atoms with Gasteiger partial charge < -0.3 is 0 Å². The molecule has 1 aromatic carbocycles. The molecule has 0 atom stereocenters. The number of nitrogens with one attached hydrogen (secondary N) is 1. The zero-order valence-corrected chi connectivity index (χ0v) is 17.1. The average Bonchev–Trinajstić information content (AvgIpc) is 3.19. The van der Waals surface area contributed by atoms with Crippen molar-refractivity contribution >= 4 is 32.4 Å². The molecule has 0 aliphatic heterocycles. The van der Waals surface area contributed by atoms with Gasteiger partial charge in [-0.25, -0.2) is 40.1 Å². The van der Waals surface area contributed by atoms with Gasteiger partial charge in [-0.05, 0) is 18.9 Å². The van der Waals surface area contributed by atoms with Gasteiger partial charge in [0.05, 0.1) is 23.1 Å². The maximum Gasteiger partial charge on any atom is 0.336 e. The van der Waals surface area contributed by atoms with E-state index < -0.39 is 50.1 Å². The lowest BCUT2D eigenvalue weighted by molar-refractivity contribution is 0.150. The van der Waals surface area contributed by atoms with E-state index in [9.17, 15) is 30.8 Å². The Balaban J connectivity index is 1.95. The highest BCUT2D eigenvalue weighted by Crippen LogP contribution is 2.38. The Morgan fingerprint density at radius 2 is 2.00 bits per heavy atom. The Bertz CT molecular complexity index is 1380. The summed E-state index contributed by atoms with van der Waals surface area (Å²) in [7, 11) is -4.50. The fourth-order valence-electron chi connectivity index (χ4n) is 3.05. The molecule has 1 N–H and O–H groups in total. The second-order valence-corrected chi connectivity index (χ2v) is 9.56. The fraction of sp³-hybridized carbons (Fsp3) is 0.353. The van der Waals surface area contributed by atoms with E-state index in [1.54, 1.807) is 0 Å². The number of hydrogen-bond donors (Lipinski definition) is 1. The number of nitrogens with zero attached hydrogens (tertiary/aromatic N) is 4. The zero-order chi connectivity index (χ0) is 22.6. The van der Waals surface area contributed by atoms with Crippen molar-refractivity contribution in [3.05, 3.63) is 33.4 Å². The lowest BCUT2D eigenvalue weighted by Gasteiger charge is -2.14. The van der Waals surface area contributed by atoms with Gasteiger partial charge in [0.1, 0.15) is 17.4 Å². The number of rotatable bonds is 7. The van der Waals surface area contributed by atoms with Gasteiger partial charge in [0.25, 0.3) is 6.43 Å². The highest BCUT2D eigenvalue weighted by atomic mass is 32.2. The van der Waals surface area contributed by atoms with E-state index in [-0.39, 0.29) is 35.6 Å². The minimum absolute atomic E-state index is 0.0696. The number of imidazole rings is 1. The predicted molar refractivity (Wildman–Crippen MR) is 103 cm³/mol. The van der Waals surface area contributed by atoms with Crippen molar-refractivity contribution in [2.24, 2.45) is 0 Å². The second kappa shape index (κ2) is 7.43. The van der Waals surface area contributed by atoms with E-state index in [1.165, 1.54) is 0 Å². The lowest BCUT2D eigenvalue weighted by atomic mass is 10.3. The van der Waals surface area contributed by atoms with Crippen LogP contribution >= 0.6 is 11.3 Å². The molecule has 0 unspecified atom stereocenters. The summed E-state index contributed by atoms with van der Waals surface area (Å²) in [6, 6.07) is 1.66. The van der Waals surface area contributed by atoms with E-state index in [4.69, 9.17) is 6.42 Å². The van der Waals surface area contributed by atoms with Gasteiger partial charge in [0, 0.05) is 6.07 Å². The molecule has 8 nitrogen and oxygen atoms in total. The maximum atomic E-state index is 14.8. The SMILES string of the molecule is C#CCn1c(=O)n(-c2nnc(C(F)F)s2)c2cc(S(=O)(=O)NC3(CF)CC3)c(F)cc21. The largest absolute Gasteiger partial charge is 0.336 e. The van der Waals surface area contributed by atoms with Crippen molar-refractivity contribution in [2.45, 2.75) is 36.2 Å². The van der Waals surface area contributed by atoms with Crippen molar-refractivity contribution in [3.63, 3.8) is 0 Å². The second-order valence-electron chi connectivity index (χ2n) is 6.92. The molecule has 0 amide bonds. The fourth-order valence-corrected chi connectivity index (χ4v) is 5.28. The molecule has 0 saturated heterocycles. The molecule has 0 bridgehead atoms. The topological polar surface area (TPSA) is 98.9 Å². The van der Waals surface area contributed by atoms with Gasteiger partial charge in [-0.1, -0.05) is 17.3 Å². The maximum absolute atomic E-state index is 14.8. The van der Waals surface area contributed by atoms with Crippen LogP contribution in [-0.2, 0) is 16.6 Å². The molecule has 0 radical (unpaired) electrons. The third-order valence-corrected chi connectivity index (χ3v) is 7.30. The molecule has 1 saturated carbocycles. The van der Waals surface area contributed by atoms with Crippen molar-refractivity contribution in [1.82, 2.24) is 24.1 Å². The van der Waals surface area contributed by atoms with Crippen molar-refractivity contribution in [2.75, 3.05) is 6.67 Å². The van der Waals surface area contributed by atoms with Crippen LogP contribution in [0.25, 0.3) is 16.2 Å². The molecule has 1 aliphatic carbocycles. The average molecular weight is 475 g/mol. The first-order chi connectivity index (χ1) is 14.6. The number of fused-ring (bicyclic) bond motifs is 1.